The fourth-order valence-electron chi connectivity index (χ4n) is 7.25. The highest BCUT2D eigenvalue weighted by molar-refractivity contribution is 5.90. The first-order chi connectivity index (χ1) is 28.2. The van der Waals surface area contributed by atoms with Gasteiger partial charge in [0.25, 0.3) is 5.95 Å². The Kier molecular flexibility index (Phi) is 12.8. The number of hydrogen-bond donors (Lipinski definition) is 0. The van der Waals surface area contributed by atoms with E-state index in [0.29, 0.717) is 25.2 Å². The van der Waals surface area contributed by atoms with Gasteiger partial charge in [0.2, 0.25) is 0 Å². The van der Waals surface area contributed by atoms with Gasteiger partial charge in [0, 0.05) is 31.7 Å². The molecular formula is C42H42F9N7O2. The molecule has 0 aliphatic carbocycles. The van der Waals surface area contributed by atoms with Gasteiger partial charge in [-0.3, -0.25) is 9.80 Å². The van der Waals surface area contributed by atoms with Crippen LogP contribution in [0.1, 0.15) is 79.1 Å². The number of alkyl halides is 9. The normalized spacial score (nSPS) is 16.6. The third kappa shape index (κ3) is 10.6. The summed E-state index contributed by atoms with van der Waals surface area (Å²) in [5.41, 5.74) is -2.78. The third-order valence-corrected chi connectivity index (χ3v) is 10.1. The molecular weight excluding hydrogens is 805 g/mol. The van der Waals surface area contributed by atoms with Crippen LogP contribution in [-0.2, 0) is 49.4 Å². The van der Waals surface area contributed by atoms with Crippen LogP contribution in [0.5, 0.6) is 0 Å². The Hall–Kier alpha value is -5.65. The van der Waals surface area contributed by atoms with Crippen molar-refractivity contribution in [1.82, 2.24) is 25.1 Å². The molecule has 2 heterocycles. The average Bonchev–Trinajstić information content (AvgIpc) is 3.63. The molecule has 18 heteroatoms. The summed E-state index contributed by atoms with van der Waals surface area (Å²) < 4.78 is 133. The predicted octanol–water partition coefficient (Wildman–Crippen LogP) is 10.7. The molecule has 5 aromatic rings. The Balaban J connectivity index is 1.44. The second-order valence-electron chi connectivity index (χ2n) is 15.1. The van der Waals surface area contributed by atoms with Gasteiger partial charge < -0.3 is 9.64 Å². The second kappa shape index (κ2) is 17.5. The highest BCUT2D eigenvalue weighted by Crippen LogP contribution is 2.45. The smallest absolute Gasteiger partial charge is 0.416 e. The van der Waals surface area contributed by atoms with Crippen LogP contribution in [-0.4, -0.2) is 49.4 Å². The summed E-state index contributed by atoms with van der Waals surface area (Å²) in [6.07, 6.45) is -16.8. The molecule has 60 heavy (non-hydrogen) atoms. The molecule has 1 amide bonds. The van der Waals surface area contributed by atoms with E-state index in [9.17, 15) is 44.3 Å². The van der Waals surface area contributed by atoms with Crippen molar-refractivity contribution >= 4 is 17.7 Å². The summed E-state index contributed by atoms with van der Waals surface area (Å²) in [5.74, 6) is -0.274. The molecule has 3 atom stereocenters. The summed E-state index contributed by atoms with van der Waals surface area (Å²) in [4.78, 5) is 19.2. The number of carbonyl (C=O) groups excluding carboxylic acids is 1. The minimum absolute atomic E-state index is 0.000836. The Morgan fingerprint density at radius 1 is 0.733 bits per heavy atom. The van der Waals surface area contributed by atoms with Gasteiger partial charge in [-0.05, 0) is 98.0 Å². The molecule has 1 aliphatic heterocycles. The van der Waals surface area contributed by atoms with Crippen molar-refractivity contribution in [1.29, 1.82) is 0 Å². The maximum atomic E-state index is 14.3. The number of amides is 1. The summed E-state index contributed by atoms with van der Waals surface area (Å²) in [6, 6.07) is 20.8. The Labute approximate surface area is 340 Å². The van der Waals surface area contributed by atoms with E-state index < -0.39 is 71.6 Å². The van der Waals surface area contributed by atoms with Crippen molar-refractivity contribution < 1.29 is 49.0 Å². The van der Waals surface area contributed by atoms with Crippen LogP contribution in [0.2, 0.25) is 0 Å². The highest BCUT2D eigenvalue weighted by Gasteiger charge is 2.42. The van der Waals surface area contributed by atoms with E-state index in [4.69, 9.17) is 4.74 Å². The molecule has 6 rings (SSSR count). The molecule has 9 nitrogen and oxygen atoms in total. The fraction of sp³-hybridized carbons (Fsp3) is 0.381. The average molecular weight is 848 g/mol. The Bertz CT molecular complexity index is 2160. The van der Waals surface area contributed by atoms with E-state index in [0.717, 1.165) is 29.3 Å². The number of carbonyl (C=O) groups is 1. The zero-order valence-electron chi connectivity index (χ0n) is 32.9. The standard InChI is InChI=1S/C42H42F9N7O2/c1-26(2)60-39(59)58-27(3)17-37(35-21-32(40(43,44)45)15-16-36(35)58)56(25-31-18-33(41(46,47)48)20-34(19-31)42(49,50)51)38-52-54-57(53-38)22-28(4)55(23-29-11-7-5-8-12-29)24-30-13-9-6-10-14-30/h5-16,18-21,26-28,37H,17,22-25H2,1-4H3/t27-,28-,37+/m0/s1. The van der Waals surface area contributed by atoms with Crippen LogP contribution in [0.4, 0.5) is 55.9 Å². The summed E-state index contributed by atoms with van der Waals surface area (Å²) >= 11 is 0. The lowest BCUT2D eigenvalue weighted by molar-refractivity contribution is -0.143. The monoisotopic (exact) mass is 847 g/mol. The summed E-state index contributed by atoms with van der Waals surface area (Å²) in [7, 11) is 0. The van der Waals surface area contributed by atoms with Crippen LogP contribution in [0, 0.1) is 0 Å². The lowest BCUT2D eigenvalue weighted by atomic mass is 9.89. The molecule has 1 aromatic heterocycles. The quantitative estimate of drug-likeness (QED) is 0.116. The van der Waals surface area contributed by atoms with Gasteiger partial charge in [-0.1, -0.05) is 65.8 Å². The lowest BCUT2D eigenvalue weighted by Gasteiger charge is -2.43. The van der Waals surface area contributed by atoms with Gasteiger partial charge in [0.1, 0.15) is 0 Å². The van der Waals surface area contributed by atoms with Crippen LogP contribution < -0.4 is 9.80 Å². The Morgan fingerprint density at radius 3 is 1.80 bits per heavy atom. The lowest BCUT2D eigenvalue weighted by Crippen LogP contribution is -2.47. The number of fused-ring (bicyclic) bond motifs is 1. The van der Waals surface area contributed by atoms with Crippen molar-refractivity contribution in [3.63, 3.8) is 0 Å². The second-order valence-corrected chi connectivity index (χ2v) is 15.1. The van der Waals surface area contributed by atoms with Crippen LogP contribution in [0.25, 0.3) is 0 Å². The van der Waals surface area contributed by atoms with Crippen molar-refractivity contribution in [3.8, 4) is 0 Å². The van der Waals surface area contributed by atoms with E-state index in [2.05, 4.69) is 20.3 Å². The van der Waals surface area contributed by atoms with E-state index in [-0.39, 0.29) is 42.3 Å². The van der Waals surface area contributed by atoms with Crippen molar-refractivity contribution in [2.45, 2.75) is 103 Å². The van der Waals surface area contributed by atoms with Gasteiger partial charge in [0.15, 0.2) is 0 Å². The SMILES string of the molecule is CC(C)OC(=O)N1c2ccc(C(F)(F)F)cc2[C@H](N(Cc2cc(C(F)(F)F)cc(C(F)(F)F)c2)c2nnn(C[C@H](C)N(Cc3ccccc3)Cc3ccccc3)n2)C[C@@H]1C. The molecule has 0 spiro atoms. The van der Waals surface area contributed by atoms with Crippen molar-refractivity contribution in [2.24, 2.45) is 0 Å². The molecule has 0 bridgehead atoms. The van der Waals surface area contributed by atoms with Crippen LogP contribution in [0.3, 0.4) is 0 Å². The summed E-state index contributed by atoms with van der Waals surface area (Å²) in [5, 5.41) is 12.9. The van der Waals surface area contributed by atoms with E-state index >= 15 is 0 Å². The van der Waals surface area contributed by atoms with E-state index in [1.807, 2.05) is 67.6 Å². The van der Waals surface area contributed by atoms with E-state index in [1.165, 1.54) is 14.6 Å². The molecule has 1 aliphatic rings. The number of nitrogens with zero attached hydrogens (tertiary/aromatic N) is 7. The number of hydrogen-bond acceptors (Lipinski definition) is 7. The number of anilines is 2. The largest absolute Gasteiger partial charge is 0.446 e. The van der Waals surface area contributed by atoms with Gasteiger partial charge >= 0.3 is 24.6 Å². The maximum absolute atomic E-state index is 14.3. The molecule has 0 saturated carbocycles. The third-order valence-electron chi connectivity index (χ3n) is 10.1. The first-order valence-corrected chi connectivity index (χ1v) is 19.0. The first kappa shape index (κ1) is 43.9. The number of aromatic nitrogens is 4. The van der Waals surface area contributed by atoms with Crippen molar-refractivity contribution in [2.75, 3.05) is 9.80 Å². The summed E-state index contributed by atoms with van der Waals surface area (Å²) in [6.45, 7) is 7.15. The molecule has 320 valence electrons. The molecule has 0 unspecified atom stereocenters. The minimum atomic E-state index is -5.17. The number of tetrazole rings is 1. The number of rotatable bonds is 12. The van der Waals surface area contributed by atoms with Gasteiger partial charge in [-0.15, -0.1) is 5.10 Å². The Morgan fingerprint density at radius 2 is 1.28 bits per heavy atom. The topological polar surface area (TPSA) is 79.6 Å². The van der Waals surface area contributed by atoms with Gasteiger partial charge in [0.05, 0.1) is 41.1 Å². The fourth-order valence-corrected chi connectivity index (χ4v) is 7.25. The van der Waals surface area contributed by atoms with Gasteiger partial charge in [-0.25, -0.2) is 4.79 Å². The molecule has 0 fully saturated rings. The molecule has 0 saturated heterocycles. The number of ether oxygens (including phenoxy) is 1. The van der Waals surface area contributed by atoms with E-state index in [1.54, 1.807) is 20.8 Å². The predicted molar refractivity (Wildman–Crippen MR) is 204 cm³/mol. The molecule has 4 aromatic carbocycles. The first-order valence-electron chi connectivity index (χ1n) is 19.0. The molecule has 0 N–H and O–H groups in total. The zero-order valence-corrected chi connectivity index (χ0v) is 32.9. The number of benzene rings is 4. The highest BCUT2D eigenvalue weighted by atomic mass is 19.4. The van der Waals surface area contributed by atoms with Crippen LogP contribution in [0.15, 0.2) is 97.1 Å². The number of halogens is 9. The van der Waals surface area contributed by atoms with Crippen molar-refractivity contribution in [3.05, 3.63) is 136 Å². The van der Waals surface area contributed by atoms with Gasteiger partial charge in [-0.2, -0.15) is 44.3 Å². The maximum Gasteiger partial charge on any atom is 0.416 e. The zero-order chi connectivity index (χ0) is 43.6. The minimum Gasteiger partial charge on any atom is -0.446 e. The van der Waals surface area contributed by atoms with Crippen LogP contribution >= 0.6 is 0 Å². The molecule has 0 radical (unpaired) electrons.